The molecule has 0 spiro atoms. The standard InChI is InChI=1S/C15H27NO6/c1-2-15(9-18-5-12-7-20-12,10-19-6-13-8-21-13)11-22-14(17)3-4-16/h12-13H,2-11,16H2,1H3. The fourth-order valence-corrected chi connectivity index (χ4v) is 2.00. The van der Waals surface area contributed by atoms with Crippen LogP contribution in [0.1, 0.15) is 19.8 Å². The van der Waals surface area contributed by atoms with Crippen molar-refractivity contribution in [2.75, 3.05) is 52.8 Å². The molecular formula is C15H27NO6. The van der Waals surface area contributed by atoms with Crippen LogP contribution < -0.4 is 5.73 Å². The van der Waals surface area contributed by atoms with Crippen molar-refractivity contribution in [3.8, 4) is 0 Å². The summed E-state index contributed by atoms with van der Waals surface area (Å²) in [7, 11) is 0. The predicted octanol–water partition coefficient (Wildman–Crippen LogP) is 0.106. The molecule has 0 aromatic heterocycles. The van der Waals surface area contributed by atoms with E-state index in [1.54, 1.807) is 0 Å². The van der Waals surface area contributed by atoms with Gasteiger partial charge in [0.15, 0.2) is 0 Å². The van der Waals surface area contributed by atoms with E-state index in [1.807, 2.05) is 6.92 Å². The zero-order valence-electron chi connectivity index (χ0n) is 13.3. The number of nitrogens with two attached hydrogens (primary N) is 1. The zero-order valence-corrected chi connectivity index (χ0v) is 13.3. The molecule has 2 aliphatic heterocycles. The van der Waals surface area contributed by atoms with Gasteiger partial charge in [-0.25, -0.2) is 0 Å². The third-order valence-electron chi connectivity index (χ3n) is 3.87. The van der Waals surface area contributed by atoms with E-state index in [4.69, 9.17) is 29.4 Å². The van der Waals surface area contributed by atoms with Gasteiger partial charge < -0.3 is 29.4 Å². The Morgan fingerprint density at radius 2 is 1.68 bits per heavy atom. The Balaban J connectivity index is 1.78. The lowest BCUT2D eigenvalue weighted by Crippen LogP contribution is -2.38. The van der Waals surface area contributed by atoms with Gasteiger partial charge >= 0.3 is 5.97 Å². The average molecular weight is 317 g/mol. The summed E-state index contributed by atoms with van der Waals surface area (Å²) in [6.45, 7) is 6.25. The number of esters is 1. The molecular weight excluding hydrogens is 290 g/mol. The topological polar surface area (TPSA) is 95.8 Å². The molecule has 0 aromatic carbocycles. The maximum Gasteiger partial charge on any atom is 0.307 e. The summed E-state index contributed by atoms with van der Waals surface area (Å²) >= 11 is 0. The quantitative estimate of drug-likeness (QED) is 0.380. The molecule has 2 fully saturated rings. The molecule has 0 bridgehead atoms. The molecule has 0 radical (unpaired) electrons. The van der Waals surface area contributed by atoms with Crippen molar-refractivity contribution in [2.24, 2.45) is 11.1 Å². The molecule has 2 unspecified atom stereocenters. The van der Waals surface area contributed by atoms with Crippen molar-refractivity contribution in [1.29, 1.82) is 0 Å². The molecule has 0 aliphatic carbocycles. The molecule has 0 amide bonds. The van der Waals surface area contributed by atoms with Crippen molar-refractivity contribution in [2.45, 2.75) is 32.0 Å². The van der Waals surface area contributed by atoms with E-state index in [0.29, 0.717) is 33.0 Å². The molecule has 128 valence electrons. The Kier molecular flexibility index (Phi) is 7.04. The summed E-state index contributed by atoms with van der Waals surface area (Å²) in [4.78, 5) is 11.6. The highest BCUT2D eigenvalue weighted by molar-refractivity contribution is 5.69. The summed E-state index contributed by atoms with van der Waals surface area (Å²) in [5.41, 5.74) is 5.02. The normalized spacial score (nSPS) is 25.5. The van der Waals surface area contributed by atoms with Crippen LogP contribution in [0.25, 0.3) is 0 Å². The third kappa shape index (κ3) is 6.58. The largest absolute Gasteiger partial charge is 0.465 e. The second kappa shape index (κ2) is 8.79. The monoisotopic (exact) mass is 317 g/mol. The minimum atomic E-state index is -0.339. The van der Waals surface area contributed by atoms with Crippen LogP contribution >= 0.6 is 0 Å². The summed E-state index contributed by atoms with van der Waals surface area (Å²) < 4.78 is 27.1. The van der Waals surface area contributed by atoms with Gasteiger partial charge in [-0.2, -0.15) is 0 Å². The first kappa shape index (κ1) is 17.6. The van der Waals surface area contributed by atoms with Crippen molar-refractivity contribution in [3.63, 3.8) is 0 Å². The lowest BCUT2D eigenvalue weighted by molar-refractivity contribution is -0.151. The van der Waals surface area contributed by atoms with Crippen LogP contribution in [0.5, 0.6) is 0 Å². The number of hydrogen-bond acceptors (Lipinski definition) is 7. The van der Waals surface area contributed by atoms with Gasteiger partial charge in [0, 0.05) is 6.54 Å². The first-order chi connectivity index (χ1) is 10.7. The highest BCUT2D eigenvalue weighted by Gasteiger charge is 2.34. The Morgan fingerprint density at radius 1 is 1.14 bits per heavy atom. The Hall–Kier alpha value is -0.730. The number of ether oxygens (including phenoxy) is 5. The summed E-state index contributed by atoms with van der Waals surface area (Å²) in [6.07, 6.45) is 1.46. The van der Waals surface area contributed by atoms with Gasteiger partial charge in [-0.3, -0.25) is 4.79 Å². The van der Waals surface area contributed by atoms with Gasteiger partial charge in [0.25, 0.3) is 0 Å². The Bertz CT molecular complexity index is 325. The second-order valence-corrected chi connectivity index (χ2v) is 5.99. The summed E-state index contributed by atoms with van der Waals surface area (Å²) in [5, 5.41) is 0. The van der Waals surface area contributed by atoms with Crippen molar-refractivity contribution in [3.05, 3.63) is 0 Å². The molecule has 2 rings (SSSR count). The fourth-order valence-electron chi connectivity index (χ4n) is 2.00. The van der Waals surface area contributed by atoms with Crippen LogP contribution in [0.4, 0.5) is 0 Å². The van der Waals surface area contributed by atoms with Gasteiger partial charge in [-0.1, -0.05) is 6.92 Å². The number of epoxide rings is 2. The molecule has 2 atom stereocenters. The Labute approximate surface area is 131 Å². The molecule has 2 saturated heterocycles. The first-order valence-corrected chi connectivity index (χ1v) is 7.92. The van der Waals surface area contributed by atoms with Crippen LogP contribution in [-0.2, 0) is 28.5 Å². The number of carbonyl (C=O) groups is 1. The summed E-state index contributed by atoms with van der Waals surface area (Å²) in [5.74, 6) is -0.281. The molecule has 2 heterocycles. The first-order valence-electron chi connectivity index (χ1n) is 7.92. The minimum absolute atomic E-state index is 0.218. The van der Waals surface area contributed by atoms with Gasteiger partial charge in [-0.05, 0) is 6.42 Å². The van der Waals surface area contributed by atoms with Crippen LogP contribution in [0.15, 0.2) is 0 Å². The summed E-state index contributed by atoms with van der Waals surface area (Å²) in [6, 6.07) is 0. The lowest BCUT2D eigenvalue weighted by atomic mass is 9.88. The number of carbonyl (C=O) groups excluding carboxylic acids is 1. The van der Waals surface area contributed by atoms with E-state index in [9.17, 15) is 4.79 Å². The smallest absolute Gasteiger partial charge is 0.307 e. The average Bonchev–Trinajstić information content (AvgIpc) is 3.39. The van der Waals surface area contributed by atoms with E-state index in [1.165, 1.54) is 0 Å². The zero-order chi connectivity index (χ0) is 15.8. The van der Waals surface area contributed by atoms with Crippen LogP contribution in [0.3, 0.4) is 0 Å². The molecule has 22 heavy (non-hydrogen) atoms. The fraction of sp³-hybridized carbons (Fsp3) is 0.933. The van der Waals surface area contributed by atoms with Crippen molar-refractivity contribution < 1.29 is 28.5 Å². The van der Waals surface area contributed by atoms with E-state index < -0.39 is 0 Å². The second-order valence-electron chi connectivity index (χ2n) is 5.99. The maximum absolute atomic E-state index is 11.6. The maximum atomic E-state index is 11.6. The number of rotatable bonds is 13. The minimum Gasteiger partial charge on any atom is -0.465 e. The van der Waals surface area contributed by atoms with Crippen molar-refractivity contribution in [1.82, 2.24) is 0 Å². The van der Waals surface area contributed by atoms with Crippen molar-refractivity contribution >= 4 is 5.97 Å². The van der Waals surface area contributed by atoms with Gasteiger partial charge in [0.2, 0.25) is 0 Å². The highest BCUT2D eigenvalue weighted by atomic mass is 16.6. The van der Waals surface area contributed by atoms with Gasteiger partial charge in [-0.15, -0.1) is 0 Å². The van der Waals surface area contributed by atoms with E-state index >= 15 is 0 Å². The Morgan fingerprint density at radius 3 is 2.09 bits per heavy atom. The van der Waals surface area contributed by atoms with Crippen LogP contribution in [0, 0.1) is 5.41 Å². The van der Waals surface area contributed by atoms with Crippen LogP contribution in [-0.4, -0.2) is 71.0 Å². The number of hydrogen-bond donors (Lipinski definition) is 1. The molecule has 2 aliphatic rings. The van der Waals surface area contributed by atoms with E-state index in [2.05, 4.69) is 0 Å². The molecule has 7 heteroatoms. The van der Waals surface area contributed by atoms with E-state index in [-0.39, 0.29) is 36.6 Å². The predicted molar refractivity (Wildman–Crippen MR) is 78.5 cm³/mol. The molecule has 7 nitrogen and oxygen atoms in total. The van der Waals surface area contributed by atoms with Gasteiger partial charge in [0.1, 0.15) is 18.8 Å². The molecule has 0 aromatic rings. The van der Waals surface area contributed by atoms with E-state index in [0.717, 1.165) is 19.6 Å². The van der Waals surface area contributed by atoms with Gasteiger partial charge in [0.05, 0.1) is 51.5 Å². The SMILES string of the molecule is CCC(COCC1CO1)(COCC1CO1)COC(=O)CCN. The molecule has 0 saturated carbocycles. The highest BCUT2D eigenvalue weighted by Crippen LogP contribution is 2.25. The van der Waals surface area contributed by atoms with Crippen LogP contribution in [0.2, 0.25) is 0 Å². The molecule has 2 N–H and O–H groups in total. The third-order valence-corrected chi connectivity index (χ3v) is 3.87. The lowest BCUT2D eigenvalue weighted by Gasteiger charge is -2.31.